The largest absolute Gasteiger partial charge is 0.489 e. The van der Waals surface area contributed by atoms with Crippen molar-refractivity contribution in [3.63, 3.8) is 0 Å². The zero-order valence-corrected chi connectivity index (χ0v) is 9.36. The van der Waals surface area contributed by atoms with E-state index in [2.05, 4.69) is 10.1 Å². The fourth-order valence-electron chi connectivity index (χ4n) is 1.84. The molecular formula is C12H15F2NO2. The third-order valence-electron chi connectivity index (χ3n) is 2.59. The van der Waals surface area contributed by atoms with E-state index < -0.39 is 6.61 Å². The van der Waals surface area contributed by atoms with Gasteiger partial charge in [-0.3, -0.25) is 0 Å². The normalized spacial score (nSPS) is 20.3. The van der Waals surface area contributed by atoms with Crippen molar-refractivity contribution >= 4 is 0 Å². The van der Waals surface area contributed by atoms with Crippen LogP contribution in [0.2, 0.25) is 0 Å². The van der Waals surface area contributed by atoms with Gasteiger partial charge >= 0.3 is 6.61 Å². The molecule has 1 N–H and O–H groups in total. The van der Waals surface area contributed by atoms with Gasteiger partial charge in [0.05, 0.1) is 0 Å². The third kappa shape index (κ3) is 3.85. The summed E-state index contributed by atoms with van der Waals surface area (Å²) in [6, 6.07) is 6.36. The Morgan fingerprint density at radius 1 is 1.29 bits per heavy atom. The van der Waals surface area contributed by atoms with E-state index in [1.165, 1.54) is 12.1 Å². The maximum atomic E-state index is 12.0. The van der Waals surface area contributed by atoms with Gasteiger partial charge in [0.25, 0.3) is 0 Å². The summed E-state index contributed by atoms with van der Waals surface area (Å²) in [5.74, 6) is 0.693. The molecule has 1 atom stereocenters. The number of alkyl halides is 2. The molecule has 2 rings (SSSR count). The van der Waals surface area contributed by atoms with Crippen LogP contribution in [0.25, 0.3) is 0 Å². The van der Waals surface area contributed by atoms with Crippen LogP contribution >= 0.6 is 0 Å². The first kappa shape index (κ1) is 12.1. The minimum Gasteiger partial charge on any atom is -0.489 e. The van der Waals surface area contributed by atoms with Gasteiger partial charge in [0, 0.05) is 12.6 Å². The van der Waals surface area contributed by atoms with Crippen LogP contribution in [0.4, 0.5) is 8.78 Å². The zero-order chi connectivity index (χ0) is 12.1. The molecule has 1 unspecified atom stereocenters. The van der Waals surface area contributed by atoms with Crippen molar-refractivity contribution < 1.29 is 18.3 Å². The van der Waals surface area contributed by atoms with Crippen molar-refractivity contribution in [2.24, 2.45) is 0 Å². The number of ether oxygens (including phenoxy) is 2. The molecule has 1 aromatic rings. The predicted octanol–water partition coefficient (Wildman–Crippen LogP) is 2.42. The van der Waals surface area contributed by atoms with E-state index in [1.807, 2.05) is 0 Å². The van der Waals surface area contributed by atoms with Crippen LogP contribution in [0.1, 0.15) is 12.8 Å². The minimum absolute atomic E-state index is 0.102. The highest BCUT2D eigenvalue weighted by molar-refractivity contribution is 5.33. The SMILES string of the molecule is FC(F)Oc1cccc(OC2CCCNC2)c1. The Hall–Kier alpha value is -1.36. The molecule has 3 nitrogen and oxygen atoms in total. The van der Waals surface area contributed by atoms with Gasteiger partial charge in [-0.1, -0.05) is 6.07 Å². The van der Waals surface area contributed by atoms with Crippen molar-refractivity contribution in [1.29, 1.82) is 0 Å². The van der Waals surface area contributed by atoms with Gasteiger partial charge in [-0.05, 0) is 31.5 Å². The second-order valence-electron chi connectivity index (χ2n) is 3.94. The highest BCUT2D eigenvalue weighted by Crippen LogP contribution is 2.23. The molecular weight excluding hydrogens is 228 g/mol. The molecule has 1 heterocycles. The number of nitrogens with one attached hydrogen (secondary N) is 1. The maximum absolute atomic E-state index is 12.0. The Morgan fingerprint density at radius 2 is 2.12 bits per heavy atom. The number of hydrogen-bond donors (Lipinski definition) is 1. The molecule has 17 heavy (non-hydrogen) atoms. The average molecular weight is 243 g/mol. The summed E-state index contributed by atoms with van der Waals surface area (Å²) in [5, 5.41) is 3.23. The van der Waals surface area contributed by atoms with Crippen LogP contribution in [0, 0.1) is 0 Å². The highest BCUT2D eigenvalue weighted by Gasteiger charge is 2.14. The van der Waals surface area contributed by atoms with E-state index in [-0.39, 0.29) is 11.9 Å². The first-order valence-electron chi connectivity index (χ1n) is 5.66. The van der Waals surface area contributed by atoms with Crippen LogP contribution in [0.15, 0.2) is 24.3 Å². The van der Waals surface area contributed by atoms with Gasteiger partial charge in [0.2, 0.25) is 0 Å². The van der Waals surface area contributed by atoms with Crippen molar-refractivity contribution in [2.45, 2.75) is 25.6 Å². The summed E-state index contributed by atoms with van der Waals surface area (Å²) in [6.07, 6.45) is 2.15. The fourth-order valence-corrected chi connectivity index (χ4v) is 1.84. The molecule has 0 saturated carbocycles. The fraction of sp³-hybridized carbons (Fsp3) is 0.500. The van der Waals surface area contributed by atoms with Gasteiger partial charge < -0.3 is 14.8 Å². The van der Waals surface area contributed by atoms with E-state index in [0.717, 1.165) is 25.9 Å². The maximum Gasteiger partial charge on any atom is 0.387 e. The molecule has 0 aliphatic carbocycles. The van der Waals surface area contributed by atoms with Crippen molar-refractivity contribution in [1.82, 2.24) is 5.32 Å². The zero-order valence-electron chi connectivity index (χ0n) is 9.36. The molecule has 0 spiro atoms. The van der Waals surface area contributed by atoms with Gasteiger partial charge in [0.15, 0.2) is 0 Å². The topological polar surface area (TPSA) is 30.5 Å². The summed E-state index contributed by atoms with van der Waals surface area (Å²) >= 11 is 0. The lowest BCUT2D eigenvalue weighted by molar-refractivity contribution is -0.0499. The number of rotatable bonds is 4. The molecule has 1 fully saturated rings. The second-order valence-corrected chi connectivity index (χ2v) is 3.94. The van der Waals surface area contributed by atoms with E-state index >= 15 is 0 Å². The van der Waals surface area contributed by atoms with Crippen molar-refractivity contribution in [3.05, 3.63) is 24.3 Å². The van der Waals surface area contributed by atoms with Crippen molar-refractivity contribution in [3.8, 4) is 11.5 Å². The number of halogens is 2. The first-order valence-corrected chi connectivity index (χ1v) is 5.66. The molecule has 1 aliphatic rings. The monoisotopic (exact) mass is 243 g/mol. The first-order chi connectivity index (χ1) is 8.24. The van der Waals surface area contributed by atoms with Crippen LogP contribution in [-0.2, 0) is 0 Å². The Balaban J connectivity index is 1.95. The highest BCUT2D eigenvalue weighted by atomic mass is 19.3. The molecule has 94 valence electrons. The summed E-state index contributed by atoms with van der Waals surface area (Å²) in [7, 11) is 0. The lowest BCUT2D eigenvalue weighted by Gasteiger charge is -2.24. The van der Waals surface area contributed by atoms with Crippen LogP contribution in [-0.4, -0.2) is 25.8 Å². The lowest BCUT2D eigenvalue weighted by Crippen LogP contribution is -2.37. The Labute approximate surface area is 98.7 Å². The lowest BCUT2D eigenvalue weighted by atomic mass is 10.1. The van der Waals surface area contributed by atoms with E-state index in [0.29, 0.717) is 5.75 Å². The van der Waals surface area contributed by atoms with Gasteiger partial charge in [-0.25, -0.2) is 0 Å². The Bertz CT molecular complexity index is 354. The van der Waals surface area contributed by atoms with E-state index in [4.69, 9.17) is 4.74 Å². The molecule has 5 heteroatoms. The molecule has 0 radical (unpaired) electrons. The van der Waals surface area contributed by atoms with Gasteiger partial charge in [-0.2, -0.15) is 8.78 Å². The van der Waals surface area contributed by atoms with Crippen molar-refractivity contribution in [2.75, 3.05) is 13.1 Å². The summed E-state index contributed by atoms with van der Waals surface area (Å²) in [4.78, 5) is 0. The Kier molecular flexibility index (Phi) is 4.14. The van der Waals surface area contributed by atoms with Gasteiger partial charge in [-0.15, -0.1) is 0 Å². The minimum atomic E-state index is -2.80. The number of piperidine rings is 1. The molecule has 0 amide bonds. The van der Waals surface area contributed by atoms with E-state index in [9.17, 15) is 8.78 Å². The molecule has 1 aromatic carbocycles. The second kappa shape index (κ2) is 5.82. The summed E-state index contributed by atoms with van der Waals surface area (Å²) in [5.41, 5.74) is 0. The van der Waals surface area contributed by atoms with E-state index in [1.54, 1.807) is 12.1 Å². The average Bonchev–Trinajstić information content (AvgIpc) is 2.30. The van der Waals surface area contributed by atoms with Crippen LogP contribution in [0.3, 0.4) is 0 Å². The molecule has 0 bridgehead atoms. The number of benzene rings is 1. The third-order valence-corrected chi connectivity index (χ3v) is 2.59. The van der Waals surface area contributed by atoms with Gasteiger partial charge in [0.1, 0.15) is 17.6 Å². The number of hydrogen-bond acceptors (Lipinski definition) is 3. The standard InChI is InChI=1S/C12H15F2NO2/c13-12(14)17-10-4-1-3-9(7-10)16-11-5-2-6-15-8-11/h1,3-4,7,11-12,15H,2,5-6,8H2. The molecule has 0 aromatic heterocycles. The van der Waals surface area contributed by atoms with Crippen LogP contribution in [0.5, 0.6) is 11.5 Å². The quantitative estimate of drug-likeness (QED) is 0.881. The Morgan fingerprint density at radius 3 is 2.82 bits per heavy atom. The van der Waals surface area contributed by atoms with Crippen LogP contribution < -0.4 is 14.8 Å². The predicted molar refractivity (Wildman–Crippen MR) is 59.6 cm³/mol. The summed E-state index contributed by atoms with van der Waals surface area (Å²) in [6.45, 7) is -1.00. The molecule has 1 aliphatic heterocycles. The smallest absolute Gasteiger partial charge is 0.387 e. The summed E-state index contributed by atoms with van der Waals surface area (Å²) < 4.78 is 34.1. The molecule has 1 saturated heterocycles.